The van der Waals surface area contributed by atoms with E-state index in [-0.39, 0.29) is 6.10 Å². The van der Waals surface area contributed by atoms with Gasteiger partial charge in [0.15, 0.2) is 6.10 Å². The van der Waals surface area contributed by atoms with Crippen LogP contribution in [0.15, 0.2) is 36.4 Å². The predicted octanol–water partition coefficient (Wildman–Crippen LogP) is 4.51. The second-order valence-electron chi connectivity index (χ2n) is 5.43. The lowest BCUT2D eigenvalue weighted by Gasteiger charge is -2.17. The van der Waals surface area contributed by atoms with E-state index in [0.29, 0.717) is 0 Å². The van der Waals surface area contributed by atoms with Crippen molar-refractivity contribution in [3.63, 3.8) is 0 Å². The zero-order valence-corrected chi connectivity index (χ0v) is 12.4. The highest BCUT2D eigenvalue weighted by molar-refractivity contribution is 5.39. The van der Waals surface area contributed by atoms with Crippen LogP contribution in [0, 0.1) is 39.2 Å². The number of aryl methyl sites for hydroxylation is 4. The summed E-state index contributed by atoms with van der Waals surface area (Å²) in [4.78, 5) is 0. The van der Waals surface area contributed by atoms with Crippen molar-refractivity contribution in [3.8, 4) is 6.26 Å². The summed E-state index contributed by atoms with van der Waals surface area (Å²) >= 11 is 0. The molecule has 0 amide bonds. The zero-order chi connectivity index (χ0) is 14.7. The Bertz CT molecular complexity index is 576. The van der Waals surface area contributed by atoms with Gasteiger partial charge in [0.25, 0.3) is 6.26 Å². The minimum absolute atomic E-state index is 0.336. The van der Waals surface area contributed by atoms with Crippen LogP contribution < -0.4 is 0 Å². The predicted molar refractivity (Wildman–Crippen MR) is 80.4 cm³/mol. The molecule has 2 aromatic rings. The first kappa shape index (κ1) is 14.1. The lowest BCUT2D eigenvalue weighted by molar-refractivity contribution is 0.201. The summed E-state index contributed by atoms with van der Waals surface area (Å²) in [7, 11) is 0. The van der Waals surface area contributed by atoms with Crippen molar-refractivity contribution >= 4 is 0 Å². The summed E-state index contributed by atoms with van der Waals surface area (Å²) < 4.78 is 5.34. The topological polar surface area (TPSA) is 33.0 Å². The highest BCUT2D eigenvalue weighted by Gasteiger charge is 2.17. The van der Waals surface area contributed by atoms with Gasteiger partial charge in [-0.3, -0.25) is 0 Å². The van der Waals surface area contributed by atoms with E-state index >= 15 is 0 Å². The number of nitrogens with zero attached hydrogens (tertiary/aromatic N) is 1. The van der Waals surface area contributed by atoms with Crippen molar-refractivity contribution in [2.24, 2.45) is 0 Å². The normalized spacial score (nSPS) is 10.4. The second-order valence-corrected chi connectivity index (χ2v) is 5.43. The van der Waals surface area contributed by atoms with Gasteiger partial charge in [0, 0.05) is 0 Å². The molecule has 0 saturated heterocycles. The number of benzene rings is 2. The van der Waals surface area contributed by atoms with E-state index in [1.54, 1.807) is 0 Å². The van der Waals surface area contributed by atoms with Gasteiger partial charge in [-0.2, -0.15) is 5.26 Å². The van der Waals surface area contributed by atoms with Gasteiger partial charge in [0.1, 0.15) is 0 Å². The summed E-state index contributed by atoms with van der Waals surface area (Å²) in [6.07, 6.45) is 1.51. The standard InChI is InChI=1S/C18H19NO/c1-12-5-13(2)8-16(7-12)18(20-11-19)17-9-14(3)6-15(4)10-17/h5-10,18H,1-4H3. The van der Waals surface area contributed by atoms with Crippen LogP contribution in [0.5, 0.6) is 0 Å². The third kappa shape index (κ3) is 3.19. The highest BCUT2D eigenvalue weighted by Crippen LogP contribution is 2.28. The maximum absolute atomic E-state index is 8.96. The van der Waals surface area contributed by atoms with E-state index in [9.17, 15) is 0 Å². The molecule has 0 fully saturated rings. The zero-order valence-electron chi connectivity index (χ0n) is 12.4. The van der Waals surface area contributed by atoms with Gasteiger partial charge in [0.05, 0.1) is 0 Å². The van der Waals surface area contributed by atoms with Gasteiger partial charge in [-0.15, -0.1) is 0 Å². The van der Waals surface area contributed by atoms with Gasteiger partial charge in [-0.05, 0) is 38.8 Å². The minimum Gasteiger partial charge on any atom is -0.414 e. The molecule has 0 aliphatic rings. The lowest BCUT2D eigenvalue weighted by atomic mass is 9.95. The van der Waals surface area contributed by atoms with Crippen LogP contribution in [-0.2, 0) is 4.74 Å². The Morgan fingerprint density at radius 2 is 1.10 bits per heavy atom. The molecule has 0 aliphatic heterocycles. The van der Waals surface area contributed by atoms with Crippen LogP contribution in [0.25, 0.3) is 0 Å². The van der Waals surface area contributed by atoms with E-state index < -0.39 is 0 Å². The van der Waals surface area contributed by atoms with Crippen LogP contribution in [-0.4, -0.2) is 0 Å². The SMILES string of the molecule is Cc1cc(C)cc(C(OC#N)c2cc(C)cc(C)c2)c1. The molecule has 0 N–H and O–H groups in total. The van der Waals surface area contributed by atoms with Crippen LogP contribution >= 0.6 is 0 Å². The molecule has 2 aromatic carbocycles. The molecule has 0 radical (unpaired) electrons. The summed E-state index contributed by atoms with van der Waals surface area (Å²) in [6.45, 7) is 8.23. The molecule has 0 atom stereocenters. The van der Waals surface area contributed by atoms with Crippen molar-refractivity contribution in [2.75, 3.05) is 0 Å². The summed E-state index contributed by atoms with van der Waals surface area (Å²) in [5.41, 5.74) is 6.75. The van der Waals surface area contributed by atoms with Gasteiger partial charge in [-0.1, -0.05) is 58.7 Å². The van der Waals surface area contributed by atoms with Gasteiger partial charge >= 0.3 is 0 Å². The summed E-state index contributed by atoms with van der Waals surface area (Å²) in [5.74, 6) is 0. The van der Waals surface area contributed by atoms with Gasteiger partial charge in [-0.25, -0.2) is 0 Å². The Balaban J connectivity index is 2.53. The van der Waals surface area contributed by atoms with E-state index in [2.05, 4.69) is 64.1 Å². The first-order valence-electron chi connectivity index (χ1n) is 6.70. The Kier molecular flexibility index (Phi) is 4.10. The second kappa shape index (κ2) is 5.79. The number of rotatable bonds is 3. The molecule has 0 spiro atoms. The molecule has 2 nitrogen and oxygen atoms in total. The third-order valence-corrected chi connectivity index (χ3v) is 3.26. The number of ether oxygens (including phenoxy) is 1. The number of hydrogen-bond donors (Lipinski definition) is 0. The van der Waals surface area contributed by atoms with Crippen LogP contribution in [0.3, 0.4) is 0 Å². The molecule has 102 valence electrons. The maximum atomic E-state index is 8.96. The Hall–Kier alpha value is -2.27. The van der Waals surface area contributed by atoms with Crippen LogP contribution in [0.1, 0.15) is 39.5 Å². The van der Waals surface area contributed by atoms with Gasteiger partial charge in [0.2, 0.25) is 0 Å². The van der Waals surface area contributed by atoms with Crippen LogP contribution in [0.2, 0.25) is 0 Å². The average Bonchev–Trinajstić information content (AvgIpc) is 2.33. The smallest absolute Gasteiger partial charge is 0.287 e. The van der Waals surface area contributed by atoms with Crippen molar-refractivity contribution in [1.82, 2.24) is 0 Å². The van der Waals surface area contributed by atoms with Crippen molar-refractivity contribution in [2.45, 2.75) is 33.8 Å². The molecule has 2 heteroatoms. The van der Waals surface area contributed by atoms with Crippen molar-refractivity contribution < 1.29 is 4.74 Å². The van der Waals surface area contributed by atoms with E-state index in [1.165, 1.54) is 22.3 Å². The minimum atomic E-state index is -0.336. The van der Waals surface area contributed by atoms with Crippen LogP contribution in [0.4, 0.5) is 0 Å². The van der Waals surface area contributed by atoms with Crippen molar-refractivity contribution in [1.29, 1.82) is 5.26 Å². The number of hydrogen-bond acceptors (Lipinski definition) is 2. The fourth-order valence-electron chi connectivity index (χ4n) is 2.70. The monoisotopic (exact) mass is 265 g/mol. The molecule has 0 heterocycles. The highest BCUT2D eigenvalue weighted by atomic mass is 16.5. The largest absolute Gasteiger partial charge is 0.414 e. The molecule has 20 heavy (non-hydrogen) atoms. The lowest BCUT2D eigenvalue weighted by Crippen LogP contribution is -2.05. The first-order valence-corrected chi connectivity index (χ1v) is 6.70. The molecule has 0 bridgehead atoms. The van der Waals surface area contributed by atoms with E-state index in [4.69, 9.17) is 10.00 Å². The summed E-state index contributed by atoms with van der Waals surface area (Å²) in [5, 5.41) is 8.96. The average molecular weight is 265 g/mol. The molecular formula is C18H19NO. The maximum Gasteiger partial charge on any atom is 0.287 e. The molecule has 0 saturated carbocycles. The Morgan fingerprint density at radius 3 is 1.40 bits per heavy atom. The molecular weight excluding hydrogens is 246 g/mol. The summed E-state index contributed by atoms with van der Waals surface area (Å²) in [6, 6.07) is 12.5. The third-order valence-electron chi connectivity index (χ3n) is 3.26. The van der Waals surface area contributed by atoms with Crippen molar-refractivity contribution in [3.05, 3.63) is 69.8 Å². The first-order chi connectivity index (χ1) is 9.49. The quantitative estimate of drug-likeness (QED) is 0.765. The Labute approximate surface area is 120 Å². The molecule has 0 aliphatic carbocycles. The molecule has 0 unspecified atom stereocenters. The Morgan fingerprint density at radius 1 is 0.750 bits per heavy atom. The van der Waals surface area contributed by atoms with Gasteiger partial charge < -0.3 is 4.74 Å². The number of nitriles is 1. The van der Waals surface area contributed by atoms with E-state index in [0.717, 1.165) is 11.1 Å². The molecule has 0 aromatic heterocycles. The van der Waals surface area contributed by atoms with E-state index in [1.807, 2.05) is 6.26 Å². The fraction of sp³-hybridized carbons (Fsp3) is 0.278. The molecule has 2 rings (SSSR count). The fourth-order valence-corrected chi connectivity index (χ4v) is 2.70.